The molecule has 1 aromatic rings. The summed E-state index contributed by atoms with van der Waals surface area (Å²) in [4.78, 5) is 0. The molecule has 1 rings (SSSR count). The highest BCUT2D eigenvalue weighted by molar-refractivity contribution is 7.90. The smallest absolute Gasteiger partial charge is 0.211 e. The molecule has 4 nitrogen and oxygen atoms in total. The molecule has 0 radical (unpaired) electrons. The zero-order valence-corrected chi connectivity index (χ0v) is 10.5. The maximum absolute atomic E-state index is 12.9. The Kier molecular flexibility index (Phi) is 4.76. The predicted molar refractivity (Wildman–Crippen MR) is 61.8 cm³/mol. The van der Waals surface area contributed by atoms with Gasteiger partial charge in [0, 0.05) is 6.54 Å². The fourth-order valence-electron chi connectivity index (χ4n) is 1.31. The lowest BCUT2D eigenvalue weighted by atomic mass is 10.2. The SMILES string of the molecule is CCC(C#N)S(=O)(=O)NCc1ccc(F)c(F)c1. The minimum absolute atomic E-state index is 0.156. The normalized spacial score (nSPS) is 13.0. The number of benzene rings is 1. The molecule has 1 unspecified atom stereocenters. The molecule has 18 heavy (non-hydrogen) atoms. The van der Waals surface area contributed by atoms with Gasteiger partial charge < -0.3 is 0 Å². The van der Waals surface area contributed by atoms with E-state index in [1.54, 1.807) is 13.0 Å². The first-order chi connectivity index (χ1) is 8.40. The van der Waals surface area contributed by atoms with Gasteiger partial charge in [-0.05, 0) is 24.1 Å². The van der Waals surface area contributed by atoms with Crippen molar-refractivity contribution in [2.75, 3.05) is 0 Å². The lowest BCUT2D eigenvalue weighted by Crippen LogP contribution is -2.32. The second kappa shape index (κ2) is 5.89. The van der Waals surface area contributed by atoms with E-state index >= 15 is 0 Å². The topological polar surface area (TPSA) is 70.0 Å². The molecule has 0 aliphatic rings. The van der Waals surface area contributed by atoms with Crippen LogP contribution >= 0.6 is 0 Å². The lowest BCUT2D eigenvalue weighted by molar-refractivity contribution is 0.506. The minimum atomic E-state index is -3.77. The molecule has 0 fully saturated rings. The number of nitriles is 1. The number of sulfonamides is 1. The summed E-state index contributed by atoms with van der Waals surface area (Å²) < 4.78 is 51.0. The number of hydrogen-bond donors (Lipinski definition) is 1. The van der Waals surface area contributed by atoms with Crippen molar-refractivity contribution in [3.63, 3.8) is 0 Å². The lowest BCUT2D eigenvalue weighted by Gasteiger charge is -2.10. The van der Waals surface area contributed by atoms with Crippen LogP contribution in [0.15, 0.2) is 18.2 Å². The summed E-state index contributed by atoms with van der Waals surface area (Å²) in [7, 11) is -3.77. The molecule has 0 amide bonds. The Hall–Kier alpha value is -1.52. The van der Waals surface area contributed by atoms with Gasteiger partial charge in [0.25, 0.3) is 0 Å². The molecular formula is C11H12F2N2O2S. The summed E-state index contributed by atoms with van der Waals surface area (Å²) in [5.74, 6) is -2.04. The molecule has 0 heterocycles. The Morgan fingerprint density at radius 2 is 2.06 bits per heavy atom. The number of hydrogen-bond acceptors (Lipinski definition) is 3. The van der Waals surface area contributed by atoms with Gasteiger partial charge in [-0.2, -0.15) is 5.26 Å². The van der Waals surface area contributed by atoms with Gasteiger partial charge in [-0.3, -0.25) is 0 Å². The molecule has 1 aromatic carbocycles. The third-order valence-electron chi connectivity index (χ3n) is 2.35. The second-order valence-electron chi connectivity index (χ2n) is 3.64. The molecule has 1 N–H and O–H groups in total. The van der Waals surface area contributed by atoms with Crippen LogP contribution in [0, 0.1) is 23.0 Å². The van der Waals surface area contributed by atoms with Crippen LogP contribution in [0.2, 0.25) is 0 Å². The molecule has 7 heteroatoms. The zero-order chi connectivity index (χ0) is 13.8. The number of rotatable bonds is 5. The van der Waals surface area contributed by atoms with Crippen LogP contribution in [0.3, 0.4) is 0 Å². The quantitative estimate of drug-likeness (QED) is 0.888. The van der Waals surface area contributed by atoms with E-state index in [2.05, 4.69) is 4.72 Å². The van der Waals surface area contributed by atoms with Gasteiger partial charge in [0.15, 0.2) is 16.9 Å². The van der Waals surface area contributed by atoms with Gasteiger partial charge in [0.05, 0.1) is 6.07 Å². The summed E-state index contributed by atoms with van der Waals surface area (Å²) in [5, 5.41) is 7.51. The van der Waals surface area contributed by atoms with E-state index in [9.17, 15) is 17.2 Å². The third kappa shape index (κ3) is 3.48. The molecule has 0 bridgehead atoms. The highest BCUT2D eigenvalue weighted by Crippen LogP contribution is 2.10. The molecule has 0 saturated carbocycles. The van der Waals surface area contributed by atoms with Crippen LogP contribution in [0.5, 0.6) is 0 Å². The number of nitrogens with one attached hydrogen (secondary N) is 1. The average Bonchev–Trinajstić information content (AvgIpc) is 2.32. The van der Waals surface area contributed by atoms with E-state index in [-0.39, 0.29) is 18.5 Å². The largest absolute Gasteiger partial charge is 0.228 e. The van der Waals surface area contributed by atoms with Crippen molar-refractivity contribution in [3.8, 4) is 6.07 Å². The highest BCUT2D eigenvalue weighted by Gasteiger charge is 2.22. The fourth-order valence-corrected chi connectivity index (χ4v) is 2.46. The molecule has 0 aromatic heterocycles. The Morgan fingerprint density at radius 1 is 1.39 bits per heavy atom. The number of halogens is 2. The molecule has 0 saturated heterocycles. The van der Waals surface area contributed by atoms with Crippen LogP contribution in [0.1, 0.15) is 18.9 Å². The van der Waals surface area contributed by atoms with Gasteiger partial charge in [-0.15, -0.1) is 0 Å². The Balaban J connectivity index is 2.76. The first-order valence-electron chi connectivity index (χ1n) is 5.22. The van der Waals surface area contributed by atoms with Gasteiger partial charge in [0.2, 0.25) is 10.0 Å². The van der Waals surface area contributed by atoms with Gasteiger partial charge in [-0.1, -0.05) is 13.0 Å². The van der Waals surface area contributed by atoms with Crippen molar-refractivity contribution in [1.29, 1.82) is 5.26 Å². The summed E-state index contributed by atoms with van der Waals surface area (Å²) >= 11 is 0. The van der Waals surface area contributed by atoms with Crippen LogP contribution in [0.4, 0.5) is 8.78 Å². The summed E-state index contributed by atoms with van der Waals surface area (Å²) in [6, 6.07) is 4.76. The standard InChI is InChI=1S/C11H12F2N2O2S/c1-2-9(6-14)18(16,17)15-7-8-3-4-10(12)11(13)5-8/h3-5,9,15H,2,7H2,1H3. The second-order valence-corrected chi connectivity index (χ2v) is 5.59. The van der Waals surface area contributed by atoms with E-state index in [4.69, 9.17) is 5.26 Å². The zero-order valence-electron chi connectivity index (χ0n) is 9.65. The van der Waals surface area contributed by atoms with Gasteiger partial charge in [-0.25, -0.2) is 21.9 Å². The first-order valence-corrected chi connectivity index (χ1v) is 6.77. The van der Waals surface area contributed by atoms with Crippen LogP contribution < -0.4 is 4.72 Å². The summed E-state index contributed by atoms with van der Waals surface area (Å²) in [5.41, 5.74) is 0.283. The van der Waals surface area contributed by atoms with E-state index in [1.165, 1.54) is 6.07 Å². The summed E-state index contributed by atoms with van der Waals surface area (Å²) in [6.07, 6.45) is 0.156. The van der Waals surface area contributed by atoms with Crippen LogP contribution in [-0.4, -0.2) is 13.7 Å². The molecule has 0 aliphatic heterocycles. The molecule has 98 valence electrons. The van der Waals surface area contributed by atoms with Crippen molar-refractivity contribution in [3.05, 3.63) is 35.4 Å². The van der Waals surface area contributed by atoms with E-state index in [0.717, 1.165) is 12.1 Å². The Bertz CT molecular complexity index is 567. The fraction of sp³-hybridized carbons (Fsp3) is 0.364. The minimum Gasteiger partial charge on any atom is -0.211 e. The average molecular weight is 274 g/mol. The maximum Gasteiger partial charge on any atom is 0.228 e. The monoisotopic (exact) mass is 274 g/mol. The molecule has 0 aliphatic carbocycles. The third-order valence-corrected chi connectivity index (χ3v) is 4.09. The molecular weight excluding hydrogens is 262 g/mol. The number of nitrogens with zero attached hydrogens (tertiary/aromatic N) is 1. The molecule has 0 spiro atoms. The van der Waals surface area contributed by atoms with E-state index < -0.39 is 26.9 Å². The summed E-state index contributed by atoms with van der Waals surface area (Å²) in [6.45, 7) is 1.39. The highest BCUT2D eigenvalue weighted by atomic mass is 32.2. The van der Waals surface area contributed by atoms with Crippen molar-refractivity contribution in [2.24, 2.45) is 0 Å². The predicted octanol–water partition coefficient (Wildman–Crippen LogP) is 1.69. The van der Waals surface area contributed by atoms with Crippen molar-refractivity contribution < 1.29 is 17.2 Å². The molecule has 1 atom stereocenters. The first kappa shape index (κ1) is 14.5. The Labute approximate surface area is 104 Å². The van der Waals surface area contributed by atoms with Crippen molar-refractivity contribution in [2.45, 2.75) is 25.1 Å². The maximum atomic E-state index is 12.9. The Morgan fingerprint density at radius 3 is 2.56 bits per heavy atom. The van der Waals surface area contributed by atoms with Crippen molar-refractivity contribution in [1.82, 2.24) is 4.72 Å². The van der Waals surface area contributed by atoms with Crippen LogP contribution in [-0.2, 0) is 16.6 Å². The van der Waals surface area contributed by atoms with Crippen LogP contribution in [0.25, 0.3) is 0 Å². The van der Waals surface area contributed by atoms with Crippen molar-refractivity contribution >= 4 is 10.0 Å². The van der Waals surface area contributed by atoms with E-state index in [1.807, 2.05) is 0 Å². The van der Waals surface area contributed by atoms with E-state index in [0.29, 0.717) is 0 Å². The van der Waals surface area contributed by atoms with Gasteiger partial charge >= 0.3 is 0 Å². The van der Waals surface area contributed by atoms with Gasteiger partial charge in [0.1, 0.15) is 0 Å².